The van der Waals surface area contributed by atoms with Crippen LogP contribution in [0.3, 0.4) is 0 Å². The fourth-order valence-electron chi connectivity index (χ4n) is 2.30. The molecule has 0 aliphatic carbocycles. The molecule has 2 heterocycles. The molecule has 3 nitrogen and oxygen atoms in total. The van der Waals surface area contributed by atoms with E-state index in [1.165, 1.54) is 6.07 Å². The first-order valence-corrected chi connectivity index (χ1v) is 7.28. The van der Waals surface area contributed by atoms with E-state index < -0.39 is 11.7 Å². The number of pyridine rings is 2. The molecule has 3 rings (SSSR count). The zero-order valence-electron chi connectivity index (χ0n) is 12.6. The fraction of sp³-hybridized carbons (Fsp3) is 0.111. The summed E-state index contributed by atoms with van der Waals surface area (Å²) in [5.74, 6) is 0. The minimum absolute atomic E-state index is 0.283. The molecule has 0 fully saturated rings. The summed E-state index contributed by atoms with van der Waals surface area (Å²) in [6.07, 6.45) is 2.41. The van der Waals surface area contributed by atoms with Gasteiger partial charge in [0, 0.05) is 36.9 Å². The second kappa shape index (κ2) is 6.70. The molecule has 0 saturated carbocycles. The van der Waals surface area contributed by atoms with Crippen molar-refractivity contribution in [3.8, 4) is 11.1 Å². The molecular weight excluding hydrogens is 315 g/mol. The van der Waals surface area contributed by atoms with Crippen LogP contribution in [0.5, 0.6) is 0 Å². The second-order valence-corrected chi connectivity index (χ2v) is 5.25. The smallest absolute Gasteiger partial charge is 0.380 e. The molecule has 1 N–H and O–H groups in total. The molecule has 0 spiro atoms. The molecule has 0 radical (unpaired) electrons. The van der Waals surface area contributed by atoms with Crippen LogP contribution < -0.4 is 5.32 Å². The molecule has 0 atom stereocenters. The largest absolute Gasteiger partial charge is 0.416 e. The van der Waals surface area contributed by atoms with E-state index in [0.29, 0.717) is 5.56 Å². The Balaban J connectivity index is 1.74. The highest BCUT2D eigenvalue weighted by atomic mass is 19.4. The van der Waals surface area contributed by atoms with Crippen LogP contribution >= 0.6 is 0 Å². The van der Waals surface area contributed by atoms with Crippen molar-refractivity contribution >= 4 is 5.69 Å². The number of anilines is 1. The molecule has 2 aromatic heterocycles. The third-order valence-electron chi connectivity index (χ3n) is 3.50. The summed E-state index contributed by atoms with van der Waals surface area (Å²) in [6.45, 7) is 0.283. The number of nitrogens with one attached hydrogen (secondary N) is 1. The Hall–Kier alpha value is -2.89. The predicted octanol–water partition coefficient (Wildman–Crippen LogP) is 4.77. The van der Waals surface area contributed by atoms with Gasteiger partial charge in [0.1, 0.15) is 0 Å². The van der Waals surface area contributed by atoms with Gasteiger partial charge < -0.3 is 5.32 Å². The summed E-state index contributed by atoms with van der Waals surface area (Å²) in [5.41, 5.74) is 2.53. The standard InChI is InChI=1S/C18H14F3N3/c19-18(20,21)16-3-1-2-13(8-16)10-24-17-9-15(11-23-12-17)14-4-6-22-7-5-14/h1-9,11-12,24H,10H2. The van der Waals surface area contributed by atoms with Crippen molar-refractivity contribution in [1.29, 1.82) is 0 Å². The molecule has 3 aromatic rings. The molecular formula is C18H14F3N3. The molecule has 0 saturated heterocycles. The third kappa shape index (κ3) is 3.90. The van der Waals surface area contributed by atoms with Crippen molar-refractivity contribution in [2.45, 2.75) is 12.7 Å². The number of rotatable bonds is 4. The normalized spacial score (nSPS) is 11.3. The SMILES string of the molecule is FC(F)(F)c1cccc(CNc2cncc(-c3ccncc3)c2)c1. The number of alkyl halides is 3. The maximum Gasteiger partial charge on any atom is 0.416 e. The van der Waals surface area contributed by atoms with Gasteiger partial charge in [-0.1, -0.05) is 12.1 Å². The summed E-state index contributed by atoms with van der Waals surface area (Å²) in [5, 5.41) is 3.10. The van der Waals surface area contributed by atoms with Gasteiger partial charge in [0.2, 0.25) is 0 Å². The molecule has 0 amide bonds. The first-order chi connectivity index (χ1) is 11.5. The van der Waals surface area contributed by atoms with E-state index in [9.17, 15) is 13.2 Å². The van der Waals surface area contributed by atoms with E-state index in [-0.39, 0.29) is 6.54 Å². The average Bonchev–Trinajstić information content (AvgIpc) is 2.61. The van der Waals surface area contributed by atoms with Crippen molar-refractivity contribution in [2.24, 2.45) is 0 Å². The number of halogens is 3. The summed E-state index contributed by atoms with van der Waals surface area (Å²) in [7, 11) is 0. The highest BCUT2D eigenvalue weighted by molar-refractivity contribution is 5.66. The minimum Gasteiger partial charge on any atom is -0.380 e. The van der Waals surface area contributed by atoms with Crippen LogP contribution in [0.25, 0.3) is 11.1 Å². The molecule has 0 aliphatic rings. The lowest BCUT2D eigenvalue weighted by Gasteiger charge is -2.11. The Bertz CT molecular complexity index is 817. The molecule has 0 unspecified atom stereocenters. The lowest BCUT2D eigenvalue weighted by Crippen LogP contribution is -2.07. The number of aromatic nitrogens is 2. The van der Waals surface area contributed by atoms with Gasteiger partial charge in [-0.2, -0.15) is 13.2 Å². The van der Waals surface area contributed by atoms with Gasteiger partial charge >= 0.3 is 6.18 Å². The van der Waals surface area contributed by atoms with Crippen LogP contribution in [-0.2, 0) is 12.7 Å². The monoisotopic (exact) mass is 329 g/mol. The second-order valence-electron chi connectivity index (χ2n) is 5.25. The Morgan fingerprint density at radius 3 is 2.42 bits per heavy atom. The van der Waals surface area contributed by atoms with E-state index >= 15 is 0 Å². The van der Waals surface area contributed by atoms with E-state index in [2.05, 4.69) is 15.3 Å². The number of benzene rings is 1. The fourth-order valence-corrected chi connectivity index (χ4v) is 2.30. The average molecular weight is 329 g/mol. The first kappa shape index (κ1) is 16.0. The zero-order chi connectivity index (χ0) is 17.0. The Morgan fingerprint density at radius 2 is 1.67 bits per heavy atom. The van der Waals surface area contributed by atoms with E-state index in [0.717, 1.165) is 28.9 Å². The van der Waals surface area contributed by atoms with E-state index in [1.54, 1.807) is 30.9 Å². The van der Waals surface area contributed by atoms with Gasteiger partial charge in [-0.15, -0.1) is 0 Å². The van der Waals surface area contributed by atoms with Crippen LogP contribution in [0.4, 0.5) is 18.9 Å². The van der Waals surface area contributed by atoms with Gasteiger partial charge in [-0.25, -0.2) is 0 Å². The van der Waals surface area contributed by atoms with E-state index in [4.69, 9.17) is 0 Å². The maximum atomic E-state index is 12.7. The molecule has 1 aromatic carbocycles. The summed E-state index contributed by atoms with van der Waals surface area (Å²) in [6, 6.07) is 10.9. The Labute approximate surface area is 137 Å². The molecule has 24 heavy (non-hydrogen) atoms. The quantitative estimate of drug-likeness (QED) is 0.749. The van der Waals surface area contributed by atoms with Crippen molar-refractivity contribution in [3.63, 3.8) is 0 Å². The van der Waals surface area contributed by atoms with Crippen molar-refractivity contribution in [2.75, 3.05) is 5.32 Å². The van der Waals surface area contributed by atoms with Crippen LogP contribution in [0.1, 0.15) is 11.1 Å². The highest BCUT2D eigenvalue weighted by Crippen LogP contribution is 2.29. The van der Waals surface area contributed by atoms with Gasteiger partial charge in [0.05, 0.1) is 11.3 Å². The van der Waals surface area contributed by atoms with Gasteiger partial charge in [0.15, 0.2) is 0 Å². The van der Waals surface area contributed by atoms with Crippen LogP contribution in [-0.4, -0.2) is 9.97 Å². The summed E-state index contributed by atoms with van der Waals surface area (Å²) in [4.78, 5) is 8.14. The lowest BCUT2D eigenvalue weighted by atomic mass is 10.1. The van der Waals surface area contributed by atoms with Crippen molar-refractivity contribution < 1.29 is 13.2 Å². The highest BCUT2D eigenvalue weighted by Gasteiger charge is 2.30. The number of hydrogen-bond donors (Lipinski definition) is 1. The molecule has 0 aliphatic heterocycles. The van der Waals surface area contributed by atoms with Crippen molar-refractivity contribution in [3.05, 3.63) is 78.4 Å². The maximum absolute atomic E-state index is 12.7. The lowest BCUT2D eigenvalue weighted by molar-refractivity contribution is -0.137. The summed E-state index contributed by atoms with van der Waals surface area (Å²) >= 11 is 0. The van der Waals surface area contributed by atoms with Gasteiger partial charge in [-0.05, 0) is 41.5 Å². The number of hydrogen-bond acceptors (Lipinski definition) is 3. The topological polar surface area (TPSA) is 37.8 Å². The predicted molar refractivity (Wildman–Crippen MR) is 86.2 cm³/mol. The Kier molecular flexibility index (Phi) is 4.46. The van der Waals surface area contributed by atoms with Gasteiger partial charge in [-0.3, -0.25) is 9.97 Å². The Morgan fingerprint density at radius 1 is 0.875 bits per heavy atom. The van der Waals surface area contributed by atoms with Crippen LogP contribution in [0, 0.1) is 0 Å². The molecule has 0 bridgehead atoms. The minimum atomic E-state index is -4.33. The van der Waals surface area contributed by atoms with Crippen LogP contribution in [0.2, 0.25) is 0 Å². The van der Waals surface area contributed by atoms with E-state index in [1.807, 2.05) is 18.2 Å². The first-order valence-electron chi connectivity index (χ1n) is 7.28. The molecule has 6 heteroatoms. The number of nitrogens with zero attached hydrogens (tertiary/aromatic N) is 2. The molecule has 122 valence electrons. The summed E-state index contributed by atoms with van der Waals surface area (Å²) < 4.78 is 38.2. The van der Waals surface area contributed by atoms with Crippen LogP contribution in [0.15, 0.2) is 67.3 Å². The van der Waals surface area contributed by atoms with Crippen molar-refractivity contribution in [1.82, 2.24) is 9.97 Å². The zero-order valence-corrected chi connectivity index (χ0v) is 12.6. The van der Waals surface area contributed by atoms with Gasteiger partial charge in [0.25, 0.3) is 0 Å². The third-order valence-corrected chi connectivity index (χ3v) is 3.50.